The van der Waals surface area contributed by atoms with Crippen LogP contribution in [-0.4, -0.2) is 24.3 Å². The summed E-state index contributed by atoms with van der Waals surface area (Å²) < 4.78 is 18.4. The molecule has 1 N–H and O–H groups in total. The number of anilines is 1. The SMILES string of the molecule is O=C1CCc2cc(C(=O)COC(=O)c3cc(F)c(Cl)cc3Cl)ccc2N1. The molecule has 0 saturated carbocycles. The minimum atomic E-state index is -0.927. The van der Waals surface area contributed by atoms with E-state index in [1.165, 1.54) is 6.07 Å². The smallest absolute Gasteiger partial charge is 0.340 e. The monoisotopic (exact) mass is 395 g/mol. The number of esters is 1. The van der Waals surface area contributed by atoms with Crippen molar-refractivity contribution in [3.8, 4) is 0 Å². The van der Waals surface area contributed by atoms with E-state index < -0.39 is 24.2 Å². The molecule has 2 aromatic carbocycles. The average molecular weight is 396 g/mol. The van der Waals surface area contributed by atoms with Crippen LogP contribution in [0, 0.1) is 5.82 Å². The predicted molar refractivity (Wildman–Crippen MR) is 94.4 cm³/mol. The van der Waals surface area contributed by atoms with E-state index in [0.29, 0.717) is 24.1 Å². The van der Waals surface area contributed by atoms with Crippen LogP contribution >= 0.6 is 23.2 Å². The lowest BCUT2D eigenvalue weighted by atomic mass is 9.99. The number of rotatable bonds is 4. The molecule has 2 aromatic rings. The van der Waals surface area contributed by atoms with Crippen LogP contribution in [0.4, 0.5) is 10.1 Å². The summed E-state index contributed by atoms with van der Waals surface area (Å²) in [7, 11) is 0. The molecule has 0 aromatic heterocycles. The maximum atomic E-state index is 13.5. The highest BCUT2D eigenvalue weighted by Gasteiger charge is 2.19. The molecule has 1 heterocycles. The molecular formula is C18H12Cl2FNO4. The largest absolute Gasteiger partial charge is 0.454 e. The van der Waals surface area contributed by atoms with Gasteiger partial charge in [-0.05, 0) is 42.3 Å². The molecule has 0 fully saturated rings. The van der Waals surface area contributed by atoms with Gasteiger partial charge >= 0.3 is 5.97 Å². The van der Waals surface area contributed by atoms with E-state index in [0.717, 1.165) is 17.7 Å². The highest BCUT2D eigenvalue weighted by molar-refractivity contribution is 6.36. The number of ketones is 1. The number of aryl methyl sites for hydroxylation is 1. The van der Waals surface area contributed by atoms with Crippen LogP contribution < -0.4 is 5.32 Å². The molecule has 0 spiro atoms. The molecule has 1 amide bonds. The molecule has 0 radical (unpaired) electrons. The third-order valence-corrected chi connectivity index (χ3v) is 4.49. The number of nitrogens with one attached hydrogen (secondary N) is 1. The van der Waals surface area contributed by atoms with Gasteiger partial charge in [0.2, 0.25) is 5.91 Å². The number of ether oxygens (including phenoxy) is 1. The number of halogens is 3. The fourth-order valence-electron chi connectivity index (χ4n) is 2.53. The number of hydrogen-bond donors (Lipinski definition) is 1. The second kappa shape index (κ2) is 7.43. The van der Waals surface area contributed by atoms with Gasteiger partial charge in [-0.3, -0.25) is 9.59 Å². The molecule has 1 aliphatic heterocycles. The number of hydrogen-bond acceptors (Lipinski definition) is 4. The standard InChI is InChI=1S/C18H12Cl2FNO4/c19-12-7-13(20)14(21)6-11(12)18(25)26-8-16(23)10-1-3-15-9(5-10)2-4-17(24)22-15/h1,3,5-7H,2,4,8H2,(H,22,24). The third kappa shape index (κ3) is 3.86. The minimum Gasteiger partial charge on any atom is -0.454 e. The molecule has 26 heavy (non-hydrogen) atoms. The zero-order valence-corrected chi connectivity index (χ0v) is 14.8. The molecule has 0 atom stereocenters. The van der Waals surface area contributed by atoms with Crippen LogP contribution in [0.15, 0.2) is 30.3 Å². The third-order valence-electron chi connectivity index (χ3n) is 3.89. The summed E-state index contributed by atoms with van der Waals surface area (Å²) in [6.07, 6.45) is 0.877. The van der Waals surface area contributed by atoms with Gasteiger partial charge < -0.3 is 10.1 Å². The van der Waals surface area contributed by atoms with Gasteiger partial charge in [0.15, 0.2) is 12.4 Å². The average Bonchev–Trinajstić information content (AvgIpc) is 2.62. The topological polar surface area (TPSA) is 72.5 Å². The zero-order valence-electron chi connectivity index (χ0n) is 13.3. The van der Waals surface area contributed by atoms with Crippen molar-refractivity contribution in [3.05, 3.63) is 62.9 Å². The van der Waals surface area contributed by atoms with Gasteiger partial charge in [-0.2, -0.15) is 0 Å². The highest BCUT2D eigenvalue weighted by Crippen LogP contribution is 2.26. The summed E-state index contributed by atoms with van der Waals surface area (Å²) in [4.78, 5) is 35.6. The van der Waals surface area contributed by atoms with Crippen LogP contribution in [0.2, 0.25) is 10.0 Å². The molecule has 0 bridgehead atoms. The fraction of sp³-hybridized carbons (Fsp3) is 0.167. The Labute approximate surface area is 158 Å². The summed E-state index contributed by atoms with van der Waals surface area (Å²) >= 11 is 11.4. The number of amides is 1. The Morgan fingerprint density at radius 2 is 1.88 bits per heavy atom. The van der Waals surface area contributed by atoms with E-state index in [1.54, 1.807) is 12.1 Å². The van der Waals surface area contributed by atoms with Crippen molar-refractivity contribution in [2.45, 2.75) is 12.8 Å². The Morgan fingerprint density at radius 3 is 2.65 bits per heavy atom. The summed E-state index contributed by atoms with van der Waals surface area (Å²) in [6.45, 7) is -0.523. The van der Waals surface area contributed by atoms with E-state index in [1.807, 2.05) is 0 Å². The van der Waals surface area contributed by atoms with Gasteiger partial charge in [0.1, 0.15) is 5.82 Å². The second-order valence-corrected chi connectivity index (χ2v) is 6.48. The van der Waals surface area contributed by atoms with Crippen molar-refractivity contribution in [1.82, 2.24) is 0 Å². The first-order chi connectivity index (χ1) is 12.3. The molecule has 5 nitrogen and oxygen atoms in total. The zero-order chi connectivity index (χ0) is 18.8. The first-order valence-corrected chi connectivity index (χ1v) is 8.38. The van der Waals surface area contributed by atoms with Crippen molar-refractivity contribution in [3.63, 3.8) is 0 Å². The lowest BCUT2D eigenvalue weighted by Crippen LogP contribution is -2.20. The van der Waals surface area contributed by atoms with Gasteiger partial charge in [-0.15, -0.1) is 0 Å². The van der Waals surface area contributed by atoms with Crippen molar-refractivity contribution in [2.75, 3.05) is 11.9 Å². The molecular weight excluding hydrogens is 384 g/mol. The van der Waals surface area contributed by atoms with Crippen molar-refractivity contribution in [2.24, 2.45) is 0 Å². The van der Waals surface area contributed by atoms with Gasteiger partial charge in [0.05, 0.1) is 15.6 Å². The van der Waals surface area contributed by atoms with E-state index in [4.69, 9.17) is 27.9 Å². The Kier molecular flexibility index (Phi) is 5.25. The molecule has 0 aliphatic carbocycles. The summed E-state index contributed by atoms with van der Waals surface area (Å²) in [5.41, 5.74) is 1.64. The van der Waals surface area contributed by atoms with Crippen LogP contribution in [0.3, 0.4) is 0 Å². The Balaban J connectivity index is 1.68. The Bertz CT molecular complexity index is 930. The molecule has 0 unspecified atom stereocenters. The summed E-state index contributed by atoms with van der Waals surface area (Å²) in [5.74, 6) is -2.24. The fourth-order valence-corrected chi connectivity index (χ4v) is 2.99. The van der Waals surface area contributed by atoms with Gasteiger partial charge in [0, 0.05) is 17.7 Å². The normalized spacial score (nSPS) is 13.0. The van der Waals surface area contributed by atoms with Crippen LogP contribution in [-0.2, 0) is 16.0 Å². The minimum absolute atomic E-state index is 0.0710. The first-order valence-electron chi connectivity index (χ1n) is 7.63. The number of fused-ring (bicyclic) bond motifs is 1. The summed E-state index contributed by atoms with van der Waals surface area (Å²) in [6, 6.07) is 6.77. The van der Waals surface area contributed by atoms with E-state index in [2.05, 4.69) is 5.32 Å². The van der Waals surface area contributed by atoms with Crippen molar-refractivity contribution in [1.29, 1.82) is 0 Å². The van der Waals surface area contributed by atoms with Crippen LogP contribution in [0.5, 0.6) is 0 Å². The van der Waals surface area contributed by atoms with Crippen LogP contribution in [0.1, 0.15) is 32.7 Å². The number of Topliss-reactive ketones (excluding diaryl/α,β-unsaturated/α-hetero) is 1. The highest BCUT2D eigenvalue weighted by atomic mass is 35.5. The lowest BCUT2D eigenvalue weighted by Gasteiger charge is -2.17. The molecule has 134 valence electrons. The lowest BCUT2D eigenvalue weighted by molar-refractivity contribution is -0.116. The number of carbonyl (C=O) groups is 3. The molecule has 1 aliphatic rings. The Morgan fingerprint density at radius 1 is 1.12 bits per heavy atom. The van der Waals surface area contributed by atoms with Gasteiger partial charge in [-0.25, -0.2) is 9.18 Å². The maximum absolute atomic E-state index is 13.5. The number of carbonyl (C=O) groups excluding carboxylic acids is 3. The predicted octanol–water partition coefficient (Wildman–Crippen LogP) is 4.06. The second-order valence-electron chi connectivity index (χ2n) is 5.67. The number of benzene rings is 2. The van der Waals surface area contributed by atoms with E-state index >= 15 is 0 Å². The van der Waals surface area contributed by atoms with E-state index in [-0.39, 0.29) is 21.5 Å². The Hall–Kier alpha value is -2.44. The van der Waals surface area contributed by atoms with Gasteiger partial charge in [-0.1, -0.05) is 23.2 Å². The van der Waals surface area contributed by atoms with Crippen LogP contribution in [0.25, 0.3) is 0 Å². The van der Waals surface area contributed by atoms with Crippen molar-refractivity contribution < 1.29 is 23.5 Å². The molecule has 0 saturated heterocycles. The molecule has 3 rings (SSSR count). The molecule has 8 heteroatoms. The van der Waals surface area contributed by atoms with Crippen molar-refractivity contribution >= 4 is 46.5 Å². The van der Waals surface area contributed by atoms with E-state index in [9.17, 15) is 18.8 Å². The first kappa shape index (κ1) is 18.4. The maximum Gasteiger partial charge on any atom is 0.340 e. The summed E-state index contributed by atoms with van der Waals surface area (Å²) in [5, 5.41) is 2.43. The van der Waals surface area contributed by atoms with Gasteiger partial charge in [0.25, 0.3) is 0 Å². The quantitative estimate of drug-likeness (QED) is 0.481.